The number of benzene rings is 1. The van der Waals surface area contributed by atoms with E-state index < -0.39 is 6.09 Å². The summed E-state index contributed by atoms with van der Waals surface area (Å²) >= 11 is 7.56. The van der Waals surface area contributed by atoms with Crippen LogP contribution in [0.4, 0.5) is 4.79 Å². The topological polar surface area (TPSA) is 105 Å². The van der Waals surface area contributed by atoms with Crippen LogP contribution in [0.1, 0.15) is 33.1 Å². The molecule has 1 saturated heterocycles. The molecule has 9 nitrogen and oxygen atoms in total. The van der Waals surface area contributed by atoms with Gasteiger partial charge in [0.1, 0.15) is 12.0 Å². The van der Waals surface area contributed by atoms with Gasteiger partial charge in [-0.2, -0.15) is 0 Å². The number of ether oxygens (including phenoxy) is 1. The number of carbonyl (C=O) groups is 2. The molecule has 1 aliphatic heterocycles. The van der Waals surface area contributed by atoms with Gasteiger partial charge in [-0.25, -0.2) is 14.8 Å². The van der Waals surface area contributed by atoms with Gasteiger partial charge in [-0.3, -0.25) is 4.40 Å². The van der Waals surface area contributed by atoms with Gasteiger partial charge < -0.3 is 24.7 Å². The maximum Gasteiger partial charge on any atom is 0.407 e. The van der Waals surface area contributed by atoms with Crippen LogP contribution in [0.2, 0.25) is 5.02 Å². The Morgan fingerprint density at radius 3 is 2.38 bits per heavy atom. The number of H-pyrrole nitrogens is 1. The number of aromatic amines is 1. The van der Waals surface area contributed by atoms with E-state index in [4.69, 9.17) is 11.6 Å². The Morgan fingerprint density at radius 2 is 1.89 bits per heavy atom. The van der Waals surface area contributed by atoms with E-state index in [1.165, 1.54) is 44.3 Å². The largest absolute Gasteiger partial charge is 0.453 e. The smallest absolute Gasteiger partial charge is 0.407 e. The van der Waals surface area contributed by atoms with Gasteiger partial charge in [0.25, 0.3) is 0 Å². The highest BCUT2D eigenvalue weighted by atomic mass is 35.5. The number of alkyl carbamates (subject to hydrolysis) is 1. The maximum absolute atomic E-state index is 10.1. The first-order chi connectivity index (χ1) is 17.9. The predicted molar refractivity (Wildman–Crippen MR) is 150 cm³/mol. The van der Waals surface area contributed by atoms with Gasteiger partial charge in [0.15, 0.2) is 4.96 Å². The lowest BCUT2D eigenvalue weighted by atomic mass is 10.2. The molecule has 1 aliphatic rings. The van der Waals surface area contributed by atoms with Crippen molar-refractivity contribution in [3.05, 3.63) is 54.2 Å². The molecule has 37 heavy (non-hydrogen) atoms. The molecule has 2 N–H and O–H groups in total. The number of aromatic nitrogens is 4. The number of carbonyl (C=O) groups excluding carboxylic acids is 2. The number of halogens is 1. The third-order valence-electron chi connectivity index (χ3n) is 4.90. The zero-order valence-corrected chi connectivity index (χ0v) is 23.3. The molecule has 0 spiro atoms. The number of nitrogens with one attached hydrogen (secondary N) is 2. The van der Waals surface area contributed by atoms with Crippen LogP contribution in [0.15, 0.2) is 49.2 Å². The Balaban J connectivity index is 0.000000234. The van der Waals surface area contributed by atoms with Crippen molar-refractivity contribution in [1.82, 2.24) is 29.6 Å². The highest BCUT2D eigenvalue weighted by Gasteiger charge is 2.10. The molecule has 0 radical (unpaired) electrons. The third kappa shape index (κ3) is 10.4. The van der Waals surface area contributed by atoms with Crippen LogP contribution < -0.4 is 5.32 Å². The summed E-state index contributed by atoms with van der Waals surface area (Å²) in [6.07, 6.45) is 11.6. The fraction of sp³-hybridized carbons (Fsp3) is 0.385. The van der Waals surface area contributed by atoms with E-state index >= 15 is 0 Å². The van der Waals surface area contributed by atoms with Crippen molar-refractivity contribution in [3.8, 4) is 21.8 Å². The Bertz CT molecular complexity index is 1150. The van der Waals surface area contributed by atoms with Gasteiger partial charge in [-0.1, -0.05) is 55.3 Å². The van der Waals surface area contributed by atoms with E-state index in [1.54, 1.807) is 23.9 Å². The predicted octanol–water partition coefficient (Wildman–Crippen LogP) is 5.78. The molecular formula is C26H35ClN6O3S. The van der Waals surface area contributed by atoms with Crippen LogP contribution >= 0.6 is 22.9 Å². The summed E-state index contributed by atoms with van der Waals surface area (Å²) < 4.78 is 6.18. The first-order valence-corrected chi connectivity index (χ1v) is 13.3. The average molecular weight is 547 g/mol. The minimum atomic E-state index is -0.586. The molecule has 200 valence electrons. The number of amides is 1. The summed E-state index contributed by atoms with van der Waals surface area (Å²) in [5, 5.41) is 2.90. The number of thiazole rings is 1. The quantitative estimate of drug-likeness (QED) is 0.315. The molecule has 1 aromatic carbocycles. The summed E-state index contributed by atoms with van der Waals surface area (Å²) in [4.78, 5) is 35.8. The fourth-order valence-electron chi connectivity index (χ4n) is 3.14. The lowest BCUT2D eigenvalue weighted by Gasteiger charge is -2.01. The normalized spacial score (nSPS) is 12.4. The first-order valence-electron chi connectivity index (χ1n) is 12.1. The Morgan fingerprint density at radius 1 is 1.22 bits per heavy atom. The van der Waals surface area contributed by atoms with Crippen LogP contribution in [0.25, 0.3) is 26.8 Å². The number of hydrogen-bond acceptors (Lipinski definition) is 7. The monoisotopic (exact) mass is 546 g/mol. The van der Waals surface area contributed by atoms with Crippen molar-refractivity contribution in [3.63, 3.8) is 0 Å². The van der Waals surface area contributed by atoms with Gasteiger partial charge >= 0.3 is 6.09 Å². The Kier molecular flexibility index (Phi) is 13.4. The summed E-state index contributed by atoms with van der Waals surface area (Å²) in [6, 6.07) is 7.83. The molecule has 1 fully saturated rings. The molecule has 3 aromatic heterocycles. The third-order valence-corrected chi connectivity index (χ3v) is 6.20. The van der Waals surface area contributed by atoms with E-state index in [1.807, 2.05) is 34.9 Å². The lowest BCUT2D eigenvalue weighted by molar-refractivity contribution is -0.107. The van der Waals surface area contributed by atoms with Crippen molar-refractivity contribution < 1.29 is 14.3 Å². The standard InChI is InChI=1S/C14H9ClN4S.C5H11N.C4H7NO3.C3H8/c15-10-3-1-9(2-4-10)13-7-19-6-12(18-14(19)20-13)11-5-16-8-17-11;1-6-4-2-3-5-6;1-8-4(7)5-2-3-6;1-3-2/h1-8H,(H,16,17);2-5H2,1H3;3H,2H2,1H3,(H,5,7);3H2,1-2H3. The van der Waals surface area contributed by atoms with Crippen LogP contribution in [0.5, 0.6) is 0 Å². The van der Waals surface area contributed by atoms with Crippen molar-refractivity contribution in [2.75, 3.05) is 33.8 Å². The first kappa shape index (κ1) is 30.0. The fourth-order valence-corrected chi connectivity index (χ4v) is 4.24. The molecule has 4 heterocycles. The lowest BCUT2D eigenvalue weighted by Crippen LogP contribution is -2.24. The number of nitrogens with zero attached hydrogens (tertiary/aromatic N) is 4. The number of rotatable bonds is 4. The average Bonchev–Trinajstić information content (AvgIpc) is 3.69. The van der Waals surface area contributed by atoms with Gasteiger partial charge in [0.2, 0.25) is 0 Å². The molecule has 5 rings (SSSR count). The SMILES string of the molecule is CCC.CN1CCCC1.COC(=O)NCC=O.Clc1ccc(-c2cn3cc(-c4cnc[nH]4)nc3s2)cc1. The zero-order valence-electron chi connectivity index (χ0n) is 21.7. The minimum absolute atomic E-state index is 0.00662. The number of aldehydes is 1. The zero-order chi connectivity index (χ0) is 27.0. The number of likely N-dealkylation sites (tertiary alicyclic amines) is 1. The second kappa shape index (κ2) is 16.5. The van der Waals surface area contributed by atoms with E-state index in [2.05, 4.69) is 57.0 Å². The number of imidazole rings is 2. The highest BCUT2D eigenvalue weighted by molar-refractivity contribution is 7.20. The maximum atomic E-state index is 10.1. The second-order valence-corrected chi connectivity index (χ2v) is 9.59. The number of methoxy groups -OCH3 is 1. The molecular weight excluding hydrogens is 512 g/mol. The van der Waals surface area contributed by atoms with Gasteiger partial charge in [-0.15, -0.1) is 0 Å². The van der Waals surface area contributed by atoms with Crippen molar-refractivity contribution in [1.29, 1.82) is 0 Å². The molecule has 0 bridgehead atoms. The van der Waals surface area contributed by atoms with E-state index in [0.717, 1.165) is 26.9 Å². The van der Waals surface area contributed by atoms with Gasteiger partial charge in [-0.05, 0) is 50.7 Å². The van der Waals surface area contributed by atoms with Gasteiger partial charge in [0, 0.05) is 17.4 Å². The Hall–Kier alpha value is -3.21. The molecule has 0 aliphatic carbocycles. The van der Waals surface area contributed by atoms with Crippen LogP contribution in [-0.2, 0) is 9.53 Å². The van der Waals surface area contributed by atoms with Crippen molar-refractivity contribution in [2.45, 2.75) is 33.1 Å². The van der Waals surface area contributed by atoms with Crippen molar-refractivity contribution >= 4 is 40.3 Å². The molecule has 4 aromatic rings. The summed E-state index contributed by atoms with van der Waals surface area (Å²) in [5.74, 6) is 0. The summed E-state index contributed by atoms with van der Waals surface area (Å²) in [5.41, 5.74) is 2.97. The number of fused-ring (bicyclic) bond motifs is 1. The Labute approximate surface area is 226 Å². The second-order valence-electron chi connectivity index (χ2n) is 8.14. The molecule has 11 heteroatoms. The van der Waals surface area contributed by atoms with E-state index in [9.17, 15) is 9.59 Å². The molecule has 1 amide bonds. The van der Waals surface area contributed by atoms with Crippen LogP contribution in [0, 0.1) is 0 Å². The molecule has 0 atom stereocenters. The van der Waals surface area contributed by atoms with E-state index in [-0.39, 0.29) is 6.54 Å². The highest BCUT2D eigenvalue weighted by Crippen LogP contribution is 2.30. The minimum Gasteiger partial charge on any atom is -0.453 e. The van der Waals surface area contributed by atoms with Gasteiger partial charge in [0.05, 0.1) is 36.7 Å². The summed E-state index contributed by atoms with van der Waals surface area (Å²) in [7, 11) is 3.41. The van der Waals surface area contributed by atoms with Crippen LogP contribution in [-0.4, -0.2) is 70.4 Å². The van der Waals surface area contributed by atoms with E-state index in [0.29, 0.717) is 6.29 Å². The molecule has 0 unspecified atom stereocenters. The number of hydrogen-bond donors (Lipinski definition) is 2. The van der Waals surface area contributed by atoms with Crippen LogP contribution in [0.3, 0.4) is 0 Å². The van der Waals surface area contributed by atoms with Crippen molar-refractivity contribution in [2.24, 2.45) is 0 Å². The molecule has 0 saturated carbocycles. The summed E-state index contributed by atoms with van der Waals surface area (Å²) in [6.45, 7) is 6.90.